The van der Waals surface area contributed by atoms with Gasteiger partial charge in [-0.1, -0.05) is 18.9 Å². The molecule has 2 fully saturated rings. The molecule has 1 aliphatic heterocycles. The molecule has 6 nitrogen and oxygen atoms in total. The van der Waals surface area contributed by atoms with E-state index in [0.29, 0.717) is 55.5 Å². The van der Waals surface area contributed by atoms with Gasteiger partial charge in [-0.15, -0.1) is 0 Å². The summed E-state index contributed by atoms with van der Waals surface area (Å²) in [5, 5.41) is 0.972. The van der Waals surface area contributed by atoms with Crippen LogP contribution < -0.4 is 5.56 Å². The van der Waals surface area contributed by atoms with E-state index < -0.39 is 5.82 Å². The van der Waals surface area contributed by atoms with Crippen LogP contribution in [0.2, 0.25) is 0 Å². The van der Waals surface area contributed by atoms with E-state index in [1.165, 1.54) is 12.1 Å². The third kappa shape index (κ3) is 4.33. The monoisotopic (exact) mass is 399 g/mol. The minimum Gasteiger partial charge on any atom is -0.339 e. The molecule has 2 aromatic rings. The Morgan fingerprint density at radius 3 is 2.45 bits per heavy atom. The zero-order valence-electron chi connectivity index (χ0n) is 16.5. The number of carbonyl (C=O) groups is 2. The summed E-state index contributed by atoms with van der Waals surface area (Å²) in [6.07, 6.45) is 4.98. The molecule has 1 saturated heterocycles. The van der Waals surface area contributed by atoms with Crippen LogP contribution >= 0.6 is 0 Å². The topological polar surface area (TPSA) is 73.5 Å². The molecule has 0 unspecified atom stereocenters. The molecule has 0 spiro atoms. The van der Waals surface area contributed by atoms with Gasteiger partial charge in [-0.2, -0.15) is 0 Å². The first kappa shape index (κ1) is 19.6. The highest BCUT2D eigenvalue weighted by molar-refractivity contribution is 5.82. The molecule has 0 radical (unpaired) electrons. The summed E-state index contributed by atoms with van der Waals surface area (Å²) in [6, 6.07) is 5.91. The van der Waals surface area contributed by atoms with Crippen molar-refractivity contribution in [3.8, 4) is 0 Å². The summed E-state index contributed by atoms with van der Waals surface area (Å²) >= 11 is 0. The lowest BCUT2D eigenvalue weighted by molar-refractivity contribution is -0.142. The standard InChI is InChI=1S/C22H26FN3O3/c23-17-6-5-16-13-18(24-21(28)19(16)14-17)7-8-20(27)25-9-11-26(12-10-25)22(29)15-3-1-2-4-15/h5-6,13-15H,1-4,7-12H2,(H,24,28). The first-order valence-corrected chi connectivity index (χ1v) is 10.4. The number of nitrogens with one attached hydrogen (secondary N) is 1. The van der Waals surface area contributed by atoms with Crippen molar-refractivity contribution in [1.29, 1.82) is 0 Å². The molecule has 1 aliphatic carbocycles. The van der Waals surface area contributed by atoms with Gasteiger partial charge in [-0.25, -0.2) is 4.39 Å². The predicted octanol–water partition coefficient (Wildman–Crippen LogP) is 2.46. The van der Waals surface area contributed by atoms with Crippen molar-refractivity contribution in [2.45, 2.75) is 38.5 Å². The van der Waals surface area contributed by atoms with Gasteiger partial charge >= 0.3 is 0 Å². The predicted molar refractivity (Wildman–Crippen MR) is 108 cm³/mol. The van der Waals surface area contributed by atoms with E-state index in [2.05, 4.69) is 4.98 Å². The van der Waals surface area contributed by atoms with E-state index in [4.69, 9.17) is 0 Å². The molecule has 0 bridgehead atoms. The number of benzene rings is 1. The average Bonchev–Trinajstić information content (AvgIpc) is 3.27. The number of aromatic nitrogens is 1. The number of aromatic amines is 1. The molecule has 29 heavy (non-hydrogen) atoms. The summed E-state index contributed by atoms with van der Waals surface area (Å²) in [5.41, 5.74) is 0.320. The number of amides is 2. The van der Waals surface area contributed by atoms with Crippen LogP contribution in [0.5, 0.6) is 0 Å². The van der Waals surface area contributed by atoms with Crippen LogP contribution in [0.15, 0.2) is 29.1 Å². The Labute approximate surface area is 168 Å². The van der Waals surface area contributed by atoms with E-state index in [1.807, 2.05) is 4.90 Å². The van der Waals surface area contributed by atoms with Crippen molar-refractivity contribution in [3.63, 3.8) is 0 Å². The van der Waals surface area contributed by atoms with Gasteiger partial charge in [0.2, 0.25) is 11.8 Å². The van der Waals surface area contributed by atoms with Gasteiger partial charge in [0, 0.05) is 49.6 Å². The number of hydrogen-bond donors (Lipinski definition) is 1. The highest BCUT2D eigenvalue weighted by Crippen LogP contribution is 2.27. The fourth-order valence-corrected chi connectivity index (χ4v) is 4.43. The minimum absolute atomic E-state index is 0.0259. The molecule has 154 valence electrons. The lowest BCUT2D eigenvalue weighted by Gasteiger charge is -2.36. The second kappa shape index (κ2) is 8.35. The molecule has 2 amide bonds. The van der Waals surface area contributed by atoms with Crippen LogP contribution in [0, 0.1) is 11.7 Å². The molecular formula is C22H26FN3O3. The van der Waals surface area contributed by atoms with Gasteiger partial charge < -0.3 is 14.8 Å². The van der Waals surface area contributed by atoms with E-state index in [-0.39, 0.29) is 23.3 Å². The quantitative estimate of drug-likeness (QED) is 0.858. The Balaban J connectivity index is 1.31. The zero-order valence-corrected chi connectivity index (χ0v) is 16.5. The Morgan fingerprint density at radius 1 is 1.03 bits per heavy atom. The van der Waals surface area contributed by atoms with Crippen LogP contribution in [0.25, 0.3) is 10.8 Å². The van der Waals surface area contributed by atoms with Crippen molar-refractivity contribution in [2.75, 3.05) is 26.2 Å². The van der Waals surface area contributed by atoms with Crippen molar-refractivity contribution in [2.24, 2.45) is 5.92 Å². The van der Waals surface area contributed by atoms with E-state index in [9.17, 15) is 18.8 Å². The zero-order chi connectivity index (χ0) is 20.4. The van der Waals surface area contributed by atoms with Crippen LogP contribution in [-0.4, -0.2) is 52.8 Å². The van der Waals surface area contributed by atoms with Gasteiger partial charge in [0.15, 0.2) is 0 Å². The number of hydrogen-bond acceptors (Lipinski definition) is 3. The Kier molecular flexibility index (Phi) is 5.65. The average molecular weight is 399 g/mol. The number of aryl methyl sites for hydroxylation is 1. The fourth-order valence-electron chi connectivity index (χ4n) is 4.43. The lowest BCUT2D eigenvalue weighted by Crippen LogP contribution is -2.51. The first-order valence-electron chi connectivity index (χ1n) is 10.4. The number of piperazine rings is 1. The van der Waals surface area contributed by atoms with Crippen molar-refractivity contribution >= 4 is 22.6 Å². The highest BCUT2D eigenvalue weighted by Gasteiger charge is 2.30. The maximum absolute atomic E-state index is 13.3. The Morgan fingerprint density at radius 2 is 1.72 bits per heavy atom. The van der Waals surface area contributed by atoms with Crippen LogP contribution in [0.1, 0.15) is 37.8 Å². The van der Waals surface area contributed by atoms with Gasteiger partial charge in [0.25, 0.3) is 5.56 Å². The lowest BCUT2D eigenvalue weighted by atomic mass is 10.1. The molecule has 1 aromatic heterocycles. The fraction of sp³-hybridized carbons (Fsp3) is 0.500. The highest BCUT2D eigenvalue weighted by atomic mass is 19.1. The maximum atomic E-state index is 13.3. The third-order valence-electron chi connectivity index (χ3n) is 6.12. The number of H-pyrrole nitrogens is 1. The first-order chi connectivity index (χ1) is 14.0. The SMILES string of the molecule is O=C(CCc1cc2ccc(F)cc2c(=O)[nH]1)N1CCN(C(=O)C2CCCC2)CC1. The number of carbonyl (C=O) groups excluding carboxylic acids is 2. The smallest absolute Gasteiger partial charge is 0.256 e. The molecule has 7 heteroatoms. The van der Waals surface area contributed by atoms with Crippen molar-refractivity contribution in [1.82, 2.24) is 14.8 Å². The number of pyridine rings is 1. The van der Waals surface area contributed by atoms with Gasteiger partial charge in [-0.05, 0) is 42.8 Å². The molecule has 1 aromatic carbocycles. The summed E-state index contributed by atoms with van der Waals surface area (Å²) in [6.45, 7) is 2.31. The Bertz CT molecular complexity index is 973. The maximum Gasteiger partial charge on any atom is 0.256 e. The molecule has 2 heterocycles. The van der Waals surface area contributed by atoms with Crippen LogP contribution in [-0.2, 0) is 16.0 Å². The van der Waals surface area contributed by atoms with E-state index in [0.717, 1.165) is 25.7 Å². The van der Waals surface area contributed by atoms with Gasteiger partial charge in [-0.3, -0.25) is 14.4 Å². The molecule has 1 N–H and O–H groups in total. The van der Waals surface area contributed by atoms with E-state index >= 15 is 0 Å². The van der Waals surface area contributed by atoms with Crippen molar-refractivity contribution < 1.29 is 14.0 Å². The molecule has 2 aliphatic rings. The second-order valence-electron chi connectivity index (χ2n) is 8.04. The molecular weight excluding hydrogens is 373 g/mol. The molecule has 0 atom stereocenters. The van der Waals surface area contributed by atoms with Gasteiger partial charge in [0.1, 0.15) is 5.82 Å². The normalized spacial score (nSPS) is 17.8. The second-order valence-corrected chi connectivity index (χ2v) is 8.04. The third-order valence-corrected chi connectivity index (χ3v) is 6.12. The minimum atomic E-state index is -0.448. The van der Waals surface area contributed by atoms with Crippen molar-refractivity contribution in [3.05, 3.63) is 46.1 Å². The summed E-state index contributed by atoms with van der Waals surface area (Å²) in [5.74, 6) is 0.00438. The molecule has 1 saturated carbocycles. The van der Waals surface area contributed by atoms with Gasteiger partial charge in [0.05, 0.1) is 0 Å². The largest absolute Gasteiger partial charge is 0.339 e. The number of fused-ring (bicyclic) bond motifs is 1. The van der Waals surface area contributed by atoms with Crippen LogP contribution in [0.4, 0.5) is 4.39 Å². The number of halogens is 1. The molecule has 4 rings (SSSR count). The summed E-state index contributed by atoms with van der Waals surface area (Å²) in [4.78, 5) is 43.7. The summed E-state index contributed by atoms with van der Waals surface area (Å²) < 4.78 is 13.3. The van der Waals surface area contributed by atoms with E-state index in [1.54, 1.807) is 17.0 Å². The van der Waals surface area contributed by atoms with Crippen LogP contribution in [0.3, 0.4) is 0 Å². The number of nitrogens with zero attached hydrogens (tertiary/aromatic N) is 2. The summed E-state index contributed by atoms with van der Waals surface area (Å²) in [7, 11) is 0. The Hall–Kier alpha value is -2.70. The number of rotatable bonds is 4.